The van der Waals surface area contributed by atoms with E-state index in [-0.39, 0.29) is 23.9 Å². The van der Waals surface area contributed by atoms with E-state index in [1.165, 1.54) is 20.3 Å². The minimum absolute atomic E-state index is 0.0406. The van der Waals surface area contributed by atoms with Crippen molar-refractivity contribution in [3.63, 3.8) is 0 Å². The van der Waals surface area contributed by atoms with Crippen LogP contribution in [0.25, 0.3) is 6.08 Å². The van der Waals surface area contributed by atoms with Gasteiger partial charge in [0.15, 0.2) is 17.8 Å². The third-order valence-corrected chi connectivity index (χ3v) is 5.83. The monoisotopic (exact) mass is 504 g/mol. The van der Waals surface area contributed by atoms with Gasteiger partial charge in [-0.3, -0.25) is 0 Å². The third kappa shape index (κ3) is 5.70. The molecule has 0 aromatic heterocycles. The molecule has 1 aromatic rings. The van der Waals surface area contributed by atoms with Crippen LogP contribution in [0.1, 0.15) is 5.56 Å². The Morgan fingerprint density at radius 3 is 2.20 bits per heavy atom. The molecule has 7 N–H and O–H groups in total. The summed E-state index contributed by atoms with van der Waals surface area (Å²) in [7, 11) is 2.76. The maximum absolute atomic E-state index is 10.9. The van der Waals surface area contributed by atoms with Crippen LogP contribution in [0.5, 0.6) is 17.2 Å². The second-order valence-corrected chi connectivity index (χ2v) is 8.15. The number of aliphatic hydroxyl groups is 7. The Labute approximate surface area is 201 Å². The van der Waals surface area contributed by atoms with Gasteiger partial charge in [-0.25, -0.2) is 0 Å². The Balaban J connectivity index is 1.86. The van der Waals surface area contributed by atoms with Crippen molar-refractivity contribution in [2.75, 3.05) is 40.6 Å². The average Bonchev–Trinajstić information content (AvgIpc) is 3.15. The summed E-state index contributed by atoms with van der Waals surface area (Å²) in [5.74, 6) is 0.438. The second-order valence-electron chi connectivity index (χ2n) is 8.15. The summed E-state index contributed by atoms with van der Waals surface area (Å²) in [6.07, 6.45) is -7.53. The van der Waals surface area contributed by atoms with E-state index in [9.17, 15) is 30.6 Å². The molecule has 3 rings (SSSR count). The van der Waals surface area contributed by atoms with Gasteiger partial charge in [-0.2, -0.15) is 0 Å². The SMILES string of the molecule is COc1cc(C=CCO)cc(OC)c1OC1OC(CO)C(O)C(OC2OC[C@](O)(CO)C2O)C1O. The second kappa shape index (κ2) is 11.8. The van der Waals surface area contributed by atoms with Crippen LogP contribution < -0.4 is 14.2 Å². The lowest BCUT2D eigenvalue weighted by atomic mass is 9.98. The highest BCUT2D eigenvalue weighted by molar-refractivity contribution is 5.62. The van der Waals surface area contributed by atoms with E-state index in [4.69, 9.17) is 33.5 Å². The Morgan fingerprint density at radius 2 is 1.69 bits per heavy atom. The number of ether oxygens (including phenoxy) is 6. The minimum Gasteiger partial charge on any atom is -0.493 e. The molecule has 2 aliphatic rings. The molecule has 0 amide bonds. The third-order valence-electron chi connectivity index (χ3n) is 5.83. The maximum Gasteiger partial charge on any atom is 0.229 e. The van der Waals surface area contributed by atoms with Crippen molar-refractivity contribution in [3.8, 4) is 17.2 Å². The summed E-state index contributed by atoms with van der Waals surface area (Å²) < 4.78 is 32.9. The smallest absolute Gasteiger partial charge is 0.229 e. The fourth-order valence-electron chi connectivity index (χ4n) is 3.79. The van der Waals surface area contributed by atoms with Crippen LogP contribution in [-0.4, -0.2) is 125 Å². The largest absolute Gasteiger partial charge is 0.493 e. The van der Waals surface area contributed by atoms with Crippen LogP contribution in [0.15, 0.2) is 18.2 Å². The summed E-state index contributed by atoms with van der Waals surface area (Å²) in [6.45, 7) is -2.09. The summed E-state index contributed by atoms with van der Waals surface area (Å²) in [5, 5.41) is 70.0. The van der Waals surface area contributed by atoms with Gasteiger partial charge < -0.3 is 64.2 Å². The van der Waals surface area contributed by atoms with E-state index in [1.807, 2.05) is 0 Å². The molecule has 2 aliphatic heterocycles. The predicted octanol–water partition coefficient (Wildman–Crippen LogP) is -2.65. The van der Waals surface area contributed by atoms with E-state index in [2.05, 4.69) is 0 Å². The first kappa shape index (κ1) is 27.5. The molecule has 0 radical (unpaired) electrons. The number of benzene rings is 1. The van der Waals surface area contributed by atoms with E-state index >= 15 is 0 Å². The minimum atomic E-state index is -1.98. The van der Waals surface area contributed by atoms with Gasteiger partial charge >= 0.3 is 0 Å². The lowest BCUT2D eigenvalue weighted by Gasteiger charge is -2.42. The topological polar surface area (TPSA) is 197 Å². The van der Waals surface area contributed by atoms with Crippen LogP contribution in [0.2, 0.25) is 0 Å². The van der Waals surface area contributed by atoms with Crippen molar-refractivity contribution in [1.82, 2.24) is 0 Å². The van der Waals surface area contributed by atoms with Crippen LogP contribution in [0, 0.1) is 0 Å². The van der Waals surface area contributed by atoms with Gasteiger partial charge in [0.1, 0.15) is 36.1 Å². The summed E-state index contributed by atoms with van der Waals surface area (Å²) in [6, 6.07) is 3.17. The van der Waals surface area contributed by atoms with Gasteiger partial charge in [-0.1, -0.05) is 12.2 Å². The quantitative estimate of drug-likeness (QED) is 0.175. The molecule has 2 heterocycles. The van der Waals surface area contributed by atoms with Crippen LogP contribution >= 0.6 is 0 Å². The van der Waals surface area contributed by atoms with E-state index in [0.717, 1.165) is 0 Å². The number of methoxy groups -OCH3 is 2. The fraction of sp³-hybridized carbons (Fsp3) is 0.636. The zero-order valence-corrected chi connectivity index (χ0v) is 19.3. The zero-order valence-electron chi connectivity index (χ0n) is 19.3. The predicted molar refractivity (Wildman–Crippen MR) is 117 cm³/mol. The molecular formula is C22H32O13. The highest BCUT2D eigenvalue weighted by Gasteiger charge is 2.53. The average molecular weight is 504 g/mol. The molecular weight excluding hydrogens is 472 g/mol. The van der Waals surface area contributed by atoms with Crippen molar-refractivity contribution < 1.29 is 64.2 Å². The normalized spacial score (nSPS) is 35.4. The van der Waals surface area contributed by atoms with E-state index in [1.54, 1.807) is 18.2 Å². The molecule has 0 bridgehead atoms. The lowest BCUT2D eigenvalue weighted by molar-refractivity contribution is -0.313. The summed E-state index contributed by atoms with van der Waals surface area (Å²) in [5.41, 5.74) is -1.36. The number of hydrogen-bond donors (Lipinski definition) is 7. The molecule has 13 heteroatoms. The Hall–Kier alpha value is -2.04. The number of hydrogen-bond acceptors (Lipinski definition) is 13. The first-order valence-corrected chi connectivity index (χ1v) is 10.8. The molecule has 7 unspecified atom stereocenters. The van der Waals surface area contributed by atoms with Gasteiger partial charge in [0.25, 0.3) is 0 Å². The van der Waals surface area contributed by atoms with E-state index in [0.29, 0.717) is 5.56 Å². The number of rotatable bonds is 10. The summed E-state index contributed by atoms with van der Waals surface area (Å²) in [4.78, 5) is 0. The van der Waals surface area contributed by atoms with Gasteiger partial charge in [-0.05, 0) is 17.7 Å². The van der Waals surface area contributed by atoms with Crippen LogP contribution in [0.3, 0.4) is 0 Å². The fourth-order valence-corrected chi connectivity index (χ4v) is 3.79. The molecule has 0 aliphatic carbocycles. The van der Waals surface area contributed by atoms with Crippen LogP contribution in [-0.2, 0) is 14.2 Å². The molecule has 198 valence electrons. The molecule has 1 aromatic carbocycles. The van der Waals surface area contributed by atoms with Crippen molar-refractivity contribution in [1.29, 1.82) is 0 Å². The summed E-state index contributed by atoms with van der Waals surface area (Å²) >= 11 is 0. The maximum atomic E-state index is 10.9. The van der Waals surface area contributed by atoms with Crippen molar-refractivity contribution >= 4 is 6.08 Å². The molecule has 0 saturated carbocycles. The standard InChI is InChI=1S/C22H32O13/c1-30-12-6-11(4-3-5-23)7-13(31-2)17(12)34-20-16(27)18(15(26)14(8-24)33-20)35-21-19(28)22(29,9-25)10-32-21/h3-4,6-7,14-16,18-21,23-29H,5,8-10H2,1-2H3/t14?,15?,16?,18?,19?,20?,21?,22-/m1/s1. The zero-order chi connectivity index (χ0) is 25.8. The molecule has 0 spiro atoms. The molecule has 2 fully saturated rings. The van der Waals surface area contributed by atoms with Gasteiger partial charge in [0.05, 0.1) is 40.6 Å². The first-order chi connectivity index (χ1) is 16.7. The Kier molecular flexibility index (Phi) is 9.28. The molecule has 13 nitrogen and oxygen atoms in total. The van der Waals surface area contributed by atoms with Crippen LogP contribution in [0.4, 0.5) is 0 Å². The van der Waals surface area contributed by atoms with Gasteiger partial charge in [0.2, 0.25) is 12.0 Å². The Morgan fingerprint density at radius 1 is 1.03 bits per heavy atom. The highest BCUT2D eigenvalue weighted by Crippen LogP contribution is 2.41. The number of aliphatic hydroxyl groups excluding tert-OH is 6. The lowest BCUT2D eigenvalue weighted by Crippen LogP contribution is -2.62. The molecule has 2 saturated heterocycles. The van der Waals surface area contributed by atoms with Gasteiger partial charge in [-0.15, -0.1) is 0 Å². The highest BCUT2D eigenvalue weighted by atomic mass is 16.7. The Bertz CT molecular complexity index is 839. The van der Waals surface area contributed by atoms with Gasteiger partial charge in [0, 0.05) is 0 Å². The first-order valence-electron chi connectivity index (χ1n) is 10.8. The molecule has 35 heavy (non-hydrogen) atoms. The van der Waals surface area contributed by atoms with Crippen molar-refractivity contribution in [2.24, 2.45) is 0 Å². The van der Waals surface area contributed by atoms with Crippen molar-refractivity contribution in [3.05, 3.63) is 23.8 Å². The van der Waals surface area contributed by atoms with Crippen molar-refractivity contribution in [2.45, 2.75) is 48.7 Å². The van der Waals surface area contributed by atoms with E-state index < -0.39 is 68.5 Å². The molecule has 8 atom stereocenters.